The zero-order chi connectivity index (χ0) is 20.3. The highest BCUT2D eigenvalue weighted by Crippen LogP contribution is 2.53. The molecule has 2 aromatic carbocycles. The van der Waals surface area contributed by atoms with Crippen molar-refractivity contribution >= 4 is 12.0 Å². The molecule has 2 bridgehead atoms. The number of benzene rings is 2. The summed E-state index contributed by atoms with van der Waals surface area (Å²) in [4.78, 5) is 2.57. The standard InChI is InChI=1S/C26H35N2/c1-18-14-20(3)22(21(4)15-18)16-27-17-28(23-11-9-8-10-19(23)2)24-12-13-26(27,7)25(24,5)6/h8-11,14-15,17,24H,12-13,16H2,1-7H3/q+1. The van der Waals surface area contributed by atoms with Crippen molar-refractivity contribution in [1.29, 1.82) is 0 Å². The molecule has 1 aliphatic carbocycles. The number of rotatable bonds is 3. The van der Waals surface area contributed by atoms with Crippen LogP contribution in [-0.4, -0.2) is 22.5 Å². The first kappa shape index (κ1) is 19.2. The molecule has 1 heterocycles. The van der Waals surface area contributed by atoms with Crippen LogP contribution in [0.3, 0.4) is 0 Å². The topological polar surface area (TPSA) is 6.25 Å². The molecule has 2 aliphatic rings. The summed E-state index contributed by atoms with van der Waals surface area (Å²) in [5, 5.41) is 0. The molecule has 0 radical (unpaired) electrons. The third-order valence-electron chi connectivity index (χ3n) is 7.92. The fraction of sp³-hybridized carbons (Fsp3) is 0.500. The van der Waals surface area contributed by atoms with Crippen molar-refractivity contribution in [2.75, 3.05) is 4.90 Å². The summed E-state index contributed by atoms with van der Waals surface area (Å²) in [6.07, 6.45) is 4.92. The first-order valence-corrected chi connectivity index (χ1v) is 10.7. The van der Waals surface area contributed by atoms with Crippen LogP contribution in [0.25, 0.3) is 0 Å². The van der Waals surface area contributed by atoms with Crippen molar-refractivity contribution in [2.45, 2.75) is 79.4 Å². The monoisotopic (exact) mass is 375 g/mol. The number of para-hydroxylation sites is 1. The molecule has 0 spiro atoms. The number of anilines is 1. The Kier molecular flexibility index (Phi) is 4.45. The Morgan fingerprint density at radius 1 is 0.964 bits per heavy atom. The SMILES string of the molecule is Cc1cc(C)c(C[N+]2=CN(c3ccccc3C)C3CCC2(C)C3(C)C)c(C)c1. The molecule has 0 N–H and O–H groups in total. The van der Waals surface area contributed by atoms with E-state index < -0.39 is 0 Å². The van der Waals surface area contributed by atoms with Crippen LogP contribution in [0.2, 0.25) is 0 Å². The van der Waals surface area contributed by atoms with Crippen molar-refractivity contribution in [2.24, 2.45) is 5.41 Å². The maximum atomic E-state index is 2.65. The third kappa shape index (κ3) is 2.72. The van der Waals surface area contributed by atoms with Gasteiger partial charge in [-0.25, -0.2) is 4.90 Å². The van der Waals surface area contributed by atoms with Gasteiger partial charge in [0.05, 0.1) is 0 Å². The molecule has 2 unspecified atom stereocenters. The molecule has 2 nitrogen and oxygen atoms in total. The van der Waals surface area contributed by atoms with Crippen LogP contribution in [0.4, 0.5) is 5.69 Å². The second kappa shape index (κ2) is 6.47. The van der Waals surface area contributed by atoms with Crippen LogP contribution in [0.15, 0.2) is 36.4 Å². The minimum absolute atomic E-state index is 0.181. The summed E-state index contributed by atoms with van der Waals surface area (Å²) in [6.45, 7) is 17.4. The van der Waals surface area contributed by atoms with Crippen molar-refractivity contribution in [1.82, 2.24) is 0 Å². The van der Waals surface area contributed by atoms with Crippen LogP contribution in [0.5, 0.6) is 0 Å². The summed E-state index contributed by atoms with van der Waals surface area (Å²) < 4.78 is 2.65. The highest BCUT2D eigenvalue weighted by atomic mass is 15.3. The zero-order valence-electron chi connectivity index (χ0n) is 18.6. The molecule has 1 fully saturated rings. The normalized spacial score (nSPS) is 25.8. The average molecular weight is 376 g/mol. The van der Waals surface area contributed by atoms with Gasteiger partial charge in [0.2, 0.25) is 6.34 Å². The van der Waals surface area contributed by atoms with Gasteiger partial charge in [0, 0.05) is 5.41 Å². The van der Waals surface area contributed by atoms with Crippen LogP contribution in [-0.2, 0) is 6.54 Å². The van der Waals surface area contributed by atoms with Crippen molar-refractivity contribution in [3.05, 3.63) is 64.2 Å². The summed E-state index contributed by atoms with van der Waals surface area (Å²) in [5.41, 5.74) is 8.77. The van der Waals surface area contributed by atoms with Crippen molar-refractivity contribution in [3.63, 3.8) is 0 Å². The lowest BCUT2D eigenvalue weighted by Crippen LogP contribution is -2.61. The minimum atomic E-state index is 0.181. The Hall–Kier alpha value is -2.09. The zero-order valence-corrected chi connectivity index (χ0v) is 18.6. The fourth-order valence-electron chi connectivity index (χ4n) is 5.75. The number of hydrogen-bond acceptors (Lipinski definition) is 1. The van der Waals surface area contributed by atoms with Crippen LogP contribution < -0.4 is 4.90 Å². The molecule has 1 saturated carbocycles. The lowest BCUT2D eigenvalue weighted by Gasteiger charge is -2.46. The quantitative estimate of drug-likeness (QED) is 0.603. The molecule has 0 saturated heterocycles. The van der Waals surface area contributed by atoms with E-state index in [0.717, 1.165) is 6.54 Å². The molecule has 28 heavy (non-hydrogen) atoms. The molecular formula is C26H35N2+. The van der Waals surface area contributed by atoms with Gasteiger partial charge in [-0.05, 0) is 75.8 Å². The van der Waals surface area contributed by atoms with Gasteiger partial charge < -0.3 is 0 Å². The predicted octanol–water partition coefficient (Wildman–Crippen LogP) is 5.93. The van der Waals surface area contributed by atoms with E-state index in [2.05, 4.69) is 101 Å². The van der Waals surface area contributed by atoms with Crippen LogP contribution >= 0.6 is 0 Å². The van der Waals surface area contributed by atoms with E-state index in [4.69, 9.17) is 0 Å². The largest absolute Gasteiger partial charge is 0.258 e. The molecular weight excluding hydrogens is 340 g/mol. The molecule has 2 atom stereocenters. The number of hydrogen-bond donors (Lipinski definition) is 0. The molecule has 2 aromatic rings. The van der Waals surface area contributed by atoms with Gasteiger partial charge in [-0.2, -0.15) is 0 Å². The maximum absolute atomic E-state index is 2.65. The molecule has 0 amide bonds. The minimum Gasteiger partial charge on any atom is -0.258 e. The second-order valence-corrected chi connectivity index (χ2v) is 9.86. The van der Waals surface area contributed by atoms with Crippen molar-refractivity contribution < 1.29 is 4.58 Å². The number of aryl methyl sites for hydroxylation is 4. The molecule has 148 valence electrons. The average Bonchev–Trinajstić information content (AvgIpc) is 2.75. The Labute approximate surface area is 170 Å². The molecule has 0 aromatic heterocycles. The summed E-state index contributed by atoms with van der Waals surface area (Å²) in [7, 11) is 0. The lowest BCUT2D eigenvalue weighted by molar-refractivity contribution is -0.634. The van der Waals surface area contributed by atoms with Crippen LogP contribution in [0.1, 0.15) is 61.4 Å². The van der Waals surface area contributed by atoms with Crippen LogP contribution in [0, 0.1) is 33.1 Å². The highest BCUT2D eigenvalue weighted by Gasteiger charge is 2.63. The maximum Gasteiger partial charge on any atom is 0.240 e. The van der Waals surface area contributed by atoms with Gasteiger partial charge >= 0.3 is 0 Å². The Balaban J connectivity index is 1.84. The van der Waals surface area contributed by atoms with E-state index in [0.29, 0.717) is 6.04 Å². The van der Waals surface area contributed by atoms with Gasteiger partial charge in [0.1, 0.15) is 23.8 Å². The van der Waals surface area contributed by atoms with E-state index in [-0.39, 0.29) is 11.0 Å². The molecule has 2 heteroatoms. The predicted molar refractivity (Wildman–Crippen MR) is 120 cm³/mol. The Bertz CT molecular complexity index is 930. The fourth-order valence-corrected chi connectivity index (χ4v) is 5.75. The summed E-state index contributed by atoms with van der Waals surface area (Å²) >= 11 is 0. The first-order valence-electron chi connectivity index (χ1n) is 10.7. The van der Waals surface area contributed by atoms with E-state index >= 15 is 0 Å². The summed E-state index contributed by atoms with van der Waals surface area (Å²) in [5.74, 6) is 0. The van der Waals surface area contributed by atoms with Gasteiger partial charge in [-0.3, -0.25) is 4.58 Å². The Morgan fingerprint density at radius 2 is 1.61 bits per heavy atom. The van der Waals surface area contributed by atoms with Gasteiger partial charge in [-0.1, -0.05) is 49.7 Å². The van der Waals surface area contributed by atoms with Gasteiger partial charge in [0.25, 0.3) is 0 Å². The lowest BCUT2D eigenvalue weighted by atomic mass is 9.72. The number of nitrogens with zero attached hydrogens (tertiary/aromatic N) is 2. The first-order chi connectivity index (χ1) is 13.1. The van der Waals surface area contributed by atoms with Crippen molar-refractivity contribution in [3.8, 4) is 0 Å². The van der Waals surface area contributed by atoms with E-state index in [1.807, 2.05) is 0 Å². The van der Waals surface area contributed by atoms with E-state index in [1.165, 1.54) is 46.3 Å². The summed E-state index contributed by atoms with van der Waals surface area (Å²) in [6, 6.07) is 14.0. The molecule has 1 aliphatic heterocycles. The van der Waals surface area contributed by atoms with E-state index in [9.17, 15) is 0 Å². The Morgan fingerprint density at radius 3 is 2.25 bits per heavy atom. The highest BCUT2D eigenvalue weighted by molar-refractivity contribution is 5.80. The van der Waals surface area contributed by atoms with E-state index in [1.54, 1.807) is 0 Å². The smallest absolute Gasteiger partial charge is 0.240 e. The third-order valence-corrected chi connectivity index (χ3v) is 7.92. The van der Waals surface area contributed by atoms with Gasteiger partial charge in [0.15, 0.2) is 0 Å². The van der Waals surface area contributed by atoms with Gasteiger partial charge in [-0.15, -0.1) is 0 Å². The second-order valence-electron chi connectivity index (χ2n) is 9.86. The molecule has 4 rings (SSSR count). The number of fused-ring (bicyclic) bond motifs is 2.